The molecule has 1 aromatic heterocycles. The minimum Gasteiger partial charge on any atom is -0.493 e. The van der Waals surface area contributed by atoms with Gasteiger partial charge in [0.2, 0.25) is 11.0 Å². The fraction of sp³-hybridized carbons (Fsp3) is 0.364. The van der Waals surface area contributed by atoms with Crippen LogP contribution in [0.3, 0.4) is 0 Å². The first-order valence-electron chi connectivity index (χ1n) is 14.5. The zero-order valence-electron chi connectivity index (χ0n) is 24.9. The van der Waals surface area contributed by atoms with Crippen molar-refractivity contribution in [1.82, 2.24) is 14.9 Å². The Morgan fingerprint density at radius 1 is 1.09 bits per heavy atom. The van der Waals surface area contributed by atoms with Crippen molar-refractivity contribution in [3.05, 3.63) is 94.0 Å². The Morgan fingerprint density at radius 3 is 2.60 bits per heavy atom. The van der Waals surface area contributed by atoms with Gasteiger partial charge in [-0.25, -0.2) is 13.1 Å². The first-order valence-corrected chi connectivity index (χ1v) is 16.4. The molecule has 2 unspecified atom stereocenters. The van der Waals surface area contributed by atoms with Gasteiger partial charge in [0.15, 0.2) is 0 Å². The summed E-state index contributed by atoms with van der Waals surface area (Å²) in [5.41, 5.74) is 3.61. The molecular formula is C33H38ClN3O5S. The van der Waals surface area contributed by atoms with E-state index >= 15 is 0 Å². The molecule has 2 heterocycles. The van der Waals surface area contributed by atoms with Gasteiger partial charge < -0.3 is 19.4 Å². The Labute approximate surface area is 258 Å². The molecule has 0 bridgehead atoms. The molecule has 5 rings (SSSR count). The third-order valence-corrected chi connectivity index (χ3v) is 9.28. The minimum atomic E-state index is -4.13. The number of sulfonamides is 1. The monoisotopic (exact) mass is 623 g/mol. The van der Waals surface area contributed by atoms with Crippen LogP contribution in [0.1, 0.15) is 61.0 Å². The number of carbonyl (C=O) groups excluding carboxylic acids is 1. The molecule has 10 heteroatoms. The van der Waals surface area contributed by atoms with E-state index in [1.807, 2.05) is 30.3 Å². The summed E-state index contributed by atoms with van der Waals surface area (Å²) in [5.74, 6) is 1.07. The minimum absolute atomic E-state index is 0.0981. The third kappa shape index (κ3) is 7.41. The summed E-state index contributed by atoms with van der Waals surface area (Å²) in [4.78, 5) is 15.7. The van der Waals surface area contributed by atoms with E-state index in [0.717, 1.165) is 30.0 Å². The number of nitrogens with one attached hydrogen (secondary N) is 2. The van der Waals surface area contributed by atoms with Crippen LogP contribution >= 0.6 is 11.6 Å². The number of hydrogen-bond acceptors (Lipinski definition) is 6. The number of benzene rings is 3. The van der Waals surface area contributed by atoms with Crippen molar-refractivity contribution in [2.45, 2.75) is 57.3 Å². The molecule has 0 fully saturated rings. The smallest absolute Gasteiger partial charge is 0.274 e. The van der Waals surface area contributed by atoms with Crippen molar-refractivity contribution in [1.29, 1.82) is 0 Å². The van der Waals surface area contributed by atoms with E-state index in [1.54, 1.807) is 37.3 Å². The highest BCUT2D eigenvalue weighted by atomic mass is 35.5. The lowest BCUT2D eigenvalue weighted by atomic mass is 9.97. The lowest BCUT2D eigenvalue weighted by molar-refractivity contribution is -0.122. The number of hydrogen-bond donors (Lipinski definition) is 2. The normalized spacial score (nSPS) is 15.8. The molecular weight excluding hydrogens is 586 g/mol. The largest absolute Gasteiger partial charge is 0.493 e. The second-order valence-corrected chi connectivity index (χ2v) is 13.7. The van der Waals surface area contributed by atoms with Crippen LogP contribution in [0.5, 0.6) is 5.75 Å². The molecule has 4 aromatic rings. The van der Waals surface area contributed by atoms with Gasteiger partial charge in [-0.1, -0.05) is 67.9 Å². The molecule has 0 radical (unpaired) electrons. The van der Waals surface area contributed by atoms with E-state index in [9.17, 15) is 13.2 Å². The second-order valence-electron chi connectivity index (χ2n) is 11.7. The van der Waals surface area contributed by atoms with Gasteiger partial charge in [-0.15, -0.1) is 0 Å². The van der Waals surface area contributed by atoms with Crippen LogP contribution in [-0.4, -0.2) is 39.4 Å². The molecule has 1 aliphatic heterocycles. The summed E-state index contributed by atoms with van der Waals surface area (Å²) in [6.07, 6.45) is 0.521. The fourth-order valence-electron chi connectivity index (χ4n) is 5.70. The van der Waals surface area contributed by atoms with Crippen LogP contribution in [-0.2, 0) is 21.4 Å². The van der Waals surface area contributed by atoms with Gasteiger partial charge in [-0.2, -0.15) is 0 Å². The van der Waals surface area contributed by atoms with Crippen molar-refractivity contribution < 1.29 is 22.4 Å². The van der Waals surface area contributed by atoms with E-state index in [2.05, 4.69) is 41.9 Å². The maximum atomic E-state index is 13.6. The van der Waals surface area contributed by atoms with Crippen molar-refractivity contribution in [3.8, 4) is 5.75 Å². The Hall–Kier alpha value is -3.37. The van der Waals surface area contributed by atoms with Gasteiger partial charge in [0, 0.05) is 47.5 Å². The Kier molecular flexibility index (Phi) is 9.46. The zero-order valence-corrected chi connectivity index (χ0v) is 26.5. The van der Waals surface area contributed by atoms with Gasteiger partial charge in [0.05, 0.1) is 18.7 Å². The van der Waals surface area contributed by atoms with Crippen molar-refractivity contribution in [2.75, 3.05) is 20.2 Å². The summed E-state index contributed by atoms with van der Waals surface area (Å²) in [5, 5.41) is 4.03. The zero-order chi connectivity index (χ0) is 30.7. The summed E-state index contributed by atoms with van der Waals surface area (Å²) < 4.78 is 41.6. The van der Waals surface area contributed by atoms with Crippen LogP contribution in [0, 0.1) is 12.8 Å². The number of carbonyl (C=O) groups is 1. The van der Waals surface area contributed by atoms with E-state index in [1.165, 1.54) is 0 Å². The lowest BCUT2D eigenvalue weighted by Gasteiger charge is -2.28. The van der Waals surface area contributed by atoms with Gasteiger partial charge >= 0.3 is 0 Å². The van der Waals surface area contributed by atoms with E-state index < -0.39 is 16.1 Å². The number of amides is 1. The molecule has 0 saturated heterocycles. The second kappa shape index (κ2) is 13.1. The molecule has 3 aromatic carbocycles. The molecule has 1 aliphatic rings. The molecule has 0 spiro atoms. The Balaban J connectivity index is 1.33. The first kappa shape index (κ1) is 31.1. The molecule has 0 saturated carbocycles. The Morgan fingerprint density at radius 2 is 1.86 bits per heavy atom. The van der Waals surface area contributed by atoms with Crippen LogP contribution in [0.25, 0.3) is 11.0 Å². The van der Waals surface area contributed by atoms with Crippen molar-refractivity contribution in [2.24, 2.45) is 5.92 Å². The highest BCUT2D eigenvalue weighted by Gasteiger charge is 2.30. The van der Waals surface area contributed by atoms with Gasteiger partial charge in [-0.3, -0.25) is 4.79 Å². The van der Waals surface area contributed by atoms with E-state index in [-0.39, 0.29) is 23.5 Å². The van der Waals surface area contributed by atoms with E-state index in [4.69, 9.17) is 20.8 Å². The SMILES string of the molecule is Cc1c(S(=O)(=O)NC(CC(=O)NC2CCOc3cc(CN(C)CC(C)C)ccc32)c2ccccc2)oc2ccc(Cl)cc12. The maximum absolute atomic E-state index is 13.6. The number of aryl methyl sites for hydroxylation is 1. The number of nitrogens with zero attached hydrogens (tertiary/aromatic N) is 1. The molecule has 0 aliphatic carbocycles. The summed E-state index contributed by atoms with van der Waals surface area (Å²) in [6.45, 7) is 8.35. The molecule has 43 heavy (non-hydrogen) atoms. The van der Waals surface area contributed by atoms with Gasteiger partial charge in [-0.05, 0) is 55.3 Å². The topological polar surface area (TPSA) is 101 Å². The van der Waals surface area contributed by atoms with Gasteiger partial charge in [0.1, 0.15) is 11.3 Å². The number of rotatable bonds is 11. The number of halogens is 1. The lowest BCUT2D eigenvalue weighted by Crippen LogP contribution is -2.36. The fourth-order valence-corrected chi connectivity index (χ4v) is 7.29. The third-order valence-electron chi connectivity index (χ3n) is 7.57. The highest BCUT2D eigenvalue weighted by Crippen LogP contribution is 2.34. The quantitative estimate of drug-likeness (QED) is 0.197. The predicted octanol–water partition coefficient (Wildman–Crippen LogP) is 6.53. The number of fused-ring (bicyclic) bond motifs is 2. The molecule has 8 nitrogen and oxygen atoms in total. The molecule has 2 atom stereocenters. The van der Waals surface area contributed by atoms with Crippen LogP contribution in [0.15, 0.2) is 76.2 Å². The first-order chi connectivity index (χ1) is 20.5. The number of ether oxygens (including phenoxy) is 1. The van der Waals surface area contributed by atoms with Crippen LogP contribution in [0.4, 0.5) is 0 Å². The summed E-state index contributed by atoms with van der Waals surface area (Å²) in [7, 11) is -2.02. The Bertz CT molecular complexity index is 1700. The summed E-state index contributed by atoms with van der Waals surface area (Å²) >= 11 is 6.13. The molecule has 228 valence electrons. The average molecular weight is 624 g/mol. The maximum Gasteiger partial charge on any atom is 0.274 e. The van der Waals surface area contributed by atoms with Crippen LogP contribution in [0.2, 0.25) is 5.02 Å². The summed E-state index contributed by atoms with van der Waals surface area (Å²) in [6, 6.07) is 19.1. The standard InChI is InChI=1S/C33H38ClN3O5S/c1-21(2)19-37(4)20-23-10-12-26-28(14-15-41-31(26)16-23)35-32(38)18-29(24-8-6-5-7-9-24)36-43(39,40)33-22(3)27-17-25(34)11-13-30(27)42-33/h5-13,16-17,21,28-29,36H,14-15,18-20H2,1-4H3,(H,35,38). The number of furan rings is 1. The predicted molar refractivity (Wildman–Crippen MR) is 169 cm³/mol. The highest BCUT2D eigenvalue weighted by molar-refractivity contribution is 7.89. The molecule has 2 N–H and O–H groups in total. The van der Waals surface area contributed by atoms with Gasteiger partial charge in [0.25, 0.3) is 10.0 Å². The average Bonchev–Trinajstić information content (AvgIpc) is 3.29. The van der Waals surface area contributed by atoms with Crippen molar-refractivity contribution in [3.63, 3.8) is 0 Å². The van der Waals surface area contributed by atoms with E-state index in [0.29, 0.717) is 46.1 Å². The van der Waals surface area contributed by atoms with Crippen molar-refractivity contribution >= 4 is 38.5 Å². The van der Waals surface area contributed by atoms with Crippen LogP contribution < -0.4 is 14.8 Å². The molecule has 1 amide bonds.